The van der Waals surface area contributed by atoms with Crippen molar-refractivity contribution < 1.29 is 17.5 Å². The van der Waals surface area contributed by atoms with Crippen molar-refractivity contribution in [3.8, 4) is 5.75 Å². The van der Waals surface area contributed by atoms with Gasteiger partial charge in [-0.15, -0.1) is 0 Å². The molecule has 0 atom stereocenters. The van der Waals surface area contributed by atoms with Gasteiger partial charge in [0, 0.05) is 5.39 Å². The van der Waals surface area contributed by atoms with Crippen LogP contribution in [0.3, 0.4) is 0 Å². The van der Waals surface area contributed by atoms with Gasteiger partial charge in [0.25, 0.3) is 0 Å². The van der Waals surface area contributed by atoms with Crippen LogP contribution in [0.5, 0.6) is 5.75 Å². The lowest BCUT2D eigenvalue weighted by molar-refractivity contribution is 0.407. The summed E-state index contributed by atoms with van der Waals surface area (Å²) in [6.07, 6.45) is 1.25. The normalized spacial score (nSPS) is 11.7. The minimum atomic E-state index is -3.95. The first-order valence-electron chi connectivity index (χ1n) is 7.29. The molecule has 0 fully saturated rings. The standard InChI is InChI=1S/C18H16FNO3S/c1-11-4-7-16-14(8-11)18(23-3)17(10-20-16)24(21,22)13-6-5-12(2)15(19)9-13/h4-10H,1-3H3. The van der Waals surface area contributed by atoms with Crippen molar-refractivity contribution in [3.63, 3.8) is 0 Å². The van der Waals surface area contributed by atoms with E-state index in [-0.39, 0.29) is 15.5 Å². The summed E-state index contributed by atoms with van der Waals surface area (Å²) in [4.78, 5) is 4.01. The molecular weight excluding hydrogens is 329 g/mol. The first kappa shape index (κ1) is 16.4. The number of hydrogen-bond acceptors (Lipinski definition) is 4. The molecule has 0 saturated carbocycles. The van der Waals surface area contributed by atoms with Crippen LogP contribution in [-0.4, -0.2) is 20.5 Å². The molecule has 124 valence electrons. The van der Waals surface area contributed by atoms with Gasteiger partial charge in [0.1, 0.15) is 16.5 Å². The molecule has 0 amide bonds. The molecule has 2 aromatic carbocycles. The van der Waals surface area contributed by atoms with Gasteiger partial charge in [-0.2, -0.15) is 0 Å². The Kier molecular flexibility index (Phi) is 4.01. The van der Waals surface area contributed by atoms with Gasteiger partial charge in [-0.3, -0.25) is 4.98 Å². The third-order valence-corrected chi connectivity index (χ3v) is 5.63. The summed E-state index contributed by atoms with van der Waals surface area (Å²) >= 11 is 0. The van der Waals surface area contributed by atoms with Crippen LogP contribution in [0.15, 0.2) is 52.4 Å². The predicted molar refractivity (Wildman–Crippen MR) is 89.6 cm³/mol. The summed E-state index contributed by atoms with van der Waals surface area (Å²) in [5.41, 5.74) is 1.97. The zero-order valence-electron chi connectivity index (χ0n) is 13.5. The van der Waals surface area contributed by atoms with Crippen molar-refractivity contribution in [2.45, 2.75) is 23.6 Å². The van der Waals surface area contributed by atoms with Crippen LogP contribution in [0.4, 0.5) is 4.39 Å². The van der Waals surface area contributed by atoms with Crippen molar-refractivity contribution >= 4 is 20.7 Å². The van der Waals surface area contributed by atoms with E-state index in [2.05, 4.69) is 4.98 Å². The zero-order chi connectivity index (χ0) is 17.5. The molecule has 3 rings (SSSR count). The maximum absolute atomic E-state index is 13.8. The Morgan fingerprint density at radius 3 is 2.50 bits per heavy atom. The average molecular weight is 345 g/mol. The third kappa shape index (κ3) is 2.63. The number of fused-ring (bicyclic) bond motifs is 1. The molecule has 0 aliphatic carbocycles. The quantitative estimate of drug-likeness (QED) is 0.724. The number of aryl methyl sites for hydroxylation is 2. The molecule has 0 N–H and O–H groups in total. The van der Waals surface area contributed by atoms with E-state index in [0.29, 0.717) is 16.5 Å². The molecule has 0 saturated heterocycles. The van der Waals surface area contributed by atoms with Gasteiger partial charge in [-0.05, 0) is 43.7 Å². The van der Waals surface area contributed by atoms with E-state index >= 15 is 0 Å². The Bertz CT molecular complexity index is 1050. The number of halogens is 1. The van der Waals surface area contributed by atoms with E-state index in [1.807, 2.05) is 19.1 Å². The number of pyridine rings is 1. The highest BCUT2D eigenvalue weighted by Gasteiger charge is 2.25. The Labute approximate surface area is 139 Å². The van der Waals surface area contributed by atoms with Crippen LogP contribution in [0.2, 0.25) is 0 Å². The first-order chi connectivity index (χ1) is 11.3. The summed E-state index contributed by atoms with van der Waals surface area (Å²) in [5.74, 6) is -0.357. The molecule has 24 heavy (non-hydrogen) atoms. The topological polar surface area (TPSA) is 56.3 Å². The second-order valence-corrected chi connectivity index (χ2v) is 7.51. The highest BCUT2D eigenvalue weighted by atomic mass is 32.2. The second-order valence-electron chi connectivity index (χ2n) is 5.59. The molecule has 0 bridgehead atoms. The van der Waals surface area contributed by atoms with Gasteiger partial charge in [0.05, 0.1) is 23.7 Å². The molecule has 0 aliphatic rings. The lowest BCUT2D eigenvalue weighted by Gasteiger charge is -2.13. The minimum absolute atomic E-state index is 0.0775. The first-order valence-corrected chi connectivity index (χ1v) is 8.77. The fraction of sp³-hybridized carbons (Fsp3) is 0.167. The van der Waals surface area contributed by atoms with Gasteiger partial charge in [-0.25, -0.2) is 12.8 Å². The van der Waals surface area contributed by atoms with Gasteiger partial charge in [0.15, 0.2) is 0 Å². The van der Waals surface area contributed by atoms with Crippen molar-refractivity contribution in [1.82, 2.24) is 4.98 Å². The van der Waals surface area contributed by atoms with Crippen LogP contribution in [0.25, 0.3) is 10.9 Å². The molecule has 0 radical (unpaired) electrons. The van der Waals surface area contributed by atoms with Gasteiger partial charge in [0.2, 0.25) is 9.84 Å². The number of hydrogen-bond donors (Lipinski definition) is 0. The van der Waals surface area contributed by atoms with Crippen molar-refractivity contribution in [1.29, 1.82) is 0 Å². The predicted octanol–water partition coefficient (Wildman–Crippen LogP) is 3.83. The van der Waals surface area contributed by atoms with E-state index in [9.17, 15) is 12.8 Å². The minimum Gasteiger partial charge on any atom is -0.495 e. The highest BCUT2D eigenvalue weighted by molar-refractivity contribution is 7.91. The number of benzene rings is 2. The van der Waals surface area contributed by atoms with Gasteiger partial charge < -0.3 is 4.74 Å². The maximum atomic E-state index is 13.8. The third-order valence-electron chi connectivity index (χ3n) is 3.89. The Morgan fingerprint density at radius 2 is 1.83 bits per heavy atom. The van der Waals surface area contributed by atoms with Crippen LogP contribution in [0, 0.1) is 19.7 Å². The van der Waals surface area contributed by atoms with E-state index in [4.69, 9.17) is 4.74 Å². The number of methoxy groups -OCH3 is 1. The number of aromatic nitrogens is 1. The van der Waals surface area contributed by atoms with Gasteiger partial charge in [-0.1, -0.05) is 17.7 Å². The van der Waals surface area contributed by atoms with Crippen molar-refractivity contribution in [3.05, 3.63) is 59.5 Å². The summed E-state index contributed by atoms with van der Waals surface area (Å²) < 4.78 is 45.0. The van der Waals surface area contributed by atoms with Crippen molar-refractivity contribution in [2.75, 3.05) is 7.11 Å². The largest absolute Gasteiger partial charge is 0.495 e. The Balaban J connectivity index is 2.29. The highest BCUT2D eigenvalue weighted by Crippen LogP contribution is 2.35. The number of sulfone groups is 1. The molecule has 0 unspecified atom stereocenters. The van der Waals surface area contributed by atoms with E-state index in [0.717, 1.165) is 11.6 Å². The van der Waals surface area contributed by atoms with Crippen molar-refractivity contribution in [2.24, 2.45) is 0 Å². The molecule has 1 heterocycles. The average Bonchev–Trinajstić information content (AvgIpc) is 2.55. The smallest absolute Gasteiger partial charge is 0.211 e. The van der Waals surface area contributed by atoms with Crippen LogP contribution >= 0.6 is 0 Å². The van der Waals surface area contributed by atoms with E-state index in [1.165, 1.54) is 25.4 Å². The number of ether oxygens (including phenoxy) is 1. The molecule has 6 heteroatoms. The SMILES string of the molecule is COc1c(S(=O)(=O)c2ccc(C)c(F)c2)cnc2ccc(C)cc12. The molecule has 4 nitrogen and oxygen atoms in total. The monoisotopic (exact) mass is 345 g/mol. The summed E-state index contributed by atoms with van der Waals surface area (Å²) in [6, 6.07) is 9.34. The van der Waals surface area contributed by atoms with E-state index in [1.54, 1.807) is 13.0 Å². The lowest BCUT2D eigenvalue weighted by atomic mass is 10.1. The second kappa shape index (κ2) is 5.87. The Morgan fingerprint density at radius 1 is 1.08 bits per heavy atom. The van der Waals surface area contributed by atoms with Gasteiger partial charge >= 0.3 is 0 Å². The van der Waals surface area contributed by atoms with Crippen LogP contribution in [0.1, 0.15) is 11.1 Å². The maximum Gasteiger partial charge on any atom is 0.211 e. The summed E-state index contributed by atoms with van der Waals surface area (Å²) in [5, 5.41) is 0.603. The fourth-order valence-corrected chi connectivity index (χ4v) is 3.92. The Hall–Kier alpha value is -2.47. The fourth-order valence-electron chi connectivity index (χ4n) is 2.53. The summed E-state index contributed by atoms with van der Waals surface area (Å²) in [6.45, 7) is 3.47. The number of rotatable bonds is 3. The van der Waals surface area contributed by atoms with E-state index < -0.39 is 15.7 Å². The molecule has 1 aromatic heterocycles. The molecule has 0 aliphatic heterocycles. The molecule has 3 aromatic rings. The van der Waals surface area contributed by atoms with Crippen LogP contribution in [-0.2, 0) is 9.84 Å². The van der Waals surface area contributed by atoms with Crippen LogP contribution < -0.4 is 4.74 Å². The molecule has 0 spiro atoms. The molecular formula is C18H16FNO3S. The zero-order valence-corrected chi connectivity index (χ0v) is 14.3. The number of nitrogens with zero attached hydrogens (tertiary/aromatic N) is 1. The summed E-state index contributed by atoms with van der Waals surface area (Å²) in [7, 11) is -2.54. The lowest BCUT2D eigenvalue weighted by Crippen LogP contribution is -2.06.